The van der Waals surface area contributed by atoms with Gasteiger partial charge in [0.15, 0.2) is 5.82 Å². The average molecular weight is 377 g/mol. The van der Waals surface area contributed by atoms with Crippen LogP contribution in [0, 0.1) is 0 Å². The summed E-state index contributed by atoms with van der Waals surface area (Å²) in [5, 5.41) is 7.80. The van der Waals surface area contributed by atoms with Gasteiger partial charge in [0.2, 0.25) is 5.91 Å². The maximum atomic E-state index is 12.1. The summed E-state index contributed by atoms with van der Waals surface area (Å²) in [5.74, 6) is 0.911. The summed E-state index contributed by atoms with van der Waals surface area (Å²) in [4.78, 5) is 16.4. The number of ether oxygens (including phenoxy) is 1. The minimum absolute atomic E-state index is 0.174. The quantitative estimate of drug-likeness (QED) is 0.706. The van der Waals surface area contributed by atoms with Crippen LogP contribution >= 0.6 is 23.2 Å². The fourth-order valence-corrected chi connectivity index (χ4v) is 2.40. The number of hydrogen-bond donors (Lipinski definition) is 1. The van der Waals surface area contributed by atoms with Crippen LogP contribution in [0.5, 0.6) is 5.75 Å². The number of rotatable bonds is 6. The molecule has 25 heavy (non-hydrogen) atoms. The number of nitrogens with zero attached hydrogens (tertiary/aromatic N) is 3. The third kappa shape index (κ3) is 4.49. The van der Waals surface area contributed by atoms with Crippen LogP contribution in [0.4, 0.5) is 5.69 Å². The Hall–Kier alpha value is -2.57. The lowest BCUT2D eigenvalue weighted by Gasteiger charge is -2.10. The molecule has 0 atom stereocenters. The molecule has 0 saturated carbocycles. The van der Waals surface area contributed by atoms with Gasteiger partial charge in [-0.1, -0.05) is 23.2 Å². The molecule has 2 heterocycles. The van der Waals surface area contributed by atoms with E-state index in [1.54, 1.807) is 59.7 Å². The van der Waals surface area contributed by atoms with E-state index in [0.717, 1.165) is 0 Å². The number of benzene rings is 1. The molecule has 1 amide bonds. The molecule has 0 spiro atoms. The van der Waals surface area contributed by atoms with Crippen molar-refractivity contribution in [3.8, 4) is 11.6 Å². The van der Waals surface area contributed by atoms with Crippen LogP contribution in [0.25, 0.3) is 5.82 Å². The number of anilines is 1. The van der Waals surface area contributed by atoms with E-state index in [2.05, 4.69) is 15.4 Å². The molecule has 0 unspecified atom stereocenters. The Morgan fingerprint density at radius 3 is 2.80 bits per heavy atom. The van der Waals surface area contributed by atoms with E-state index in [9.17, 15) is 4.79 Å². The molecule has 3 aromatic rings. The number of pyridine rings is 1. The van der Waals surface area contributed by atoms with Gasteiger partial charge in [0.05, 0.1) is 28.8 Å². The molecule has 2 aromatic heterocycles. The Morgan fingerprint density at radius 2 is 2.04 bits per heavy atom. The molecule has 128 valence electrons. The van der Waals surface area contributed by atoms with Crippen molar-refractivity contribution in [3.05, 3.63) is 65.0 Å². The molecule has 3 rings (SSSR count). The summed E-state index contributed by atoms with van der Waals surface area (Å²) in [6, 6.07) is 10.2. The zero-order valence-corrected chi connectivity index (χ0v) is 14.5. The van der Waals surface area contributed by atoms with Crippen molar-refractivity contribution in [2.24, 2.45) is 0 Å². The van der Waals surface area contributed by atoms with Gasteiger partial charge in [-0.05, 0) is 30.3 Å². The first kappa shape index (κ1) is 17.3. The van der Waals surface area contributed by atoms with Crippen molar-refractivity contribution in [2.75, 3.05) is 11.9 Å². The standard InChI is InChI=1S/C17H14Cl2N4O2/c18-13-5-4-12(11-14(13)19)25-10-6-16(24)22-15-3-1-7-20-17(15)23-9-2-8-21-23/h1-5,7-9,11H,6,10H2,(H,22,24). The van der Waals surface area contributed by atoms with E-state index in [1.807, 2.05) is 0 Å². The minimum atomic E-state index is -0.193. The fraction of sp³-hybridized carbons (Fsp3) is 0.118. The topological polar surface area (TPSA) is 69.0 Å². The molecule has 0 fully saturated rings. The van der Waals surface area contributed by atoms with Gasteiger partial charge in [-0.3, -0.25) is 4.79 Å². The van der Waals surface area contributed by atoms with E-state index in [-0.39, 0.29) is 18.9 Å². The lowest BCUT2D eigenvalue weighted by molar-refractivity contribution is -0.116. The van der Waals surface area contributed by atoms with Gasteiger partial charge in [0.1, 0.15) is 5.75 Å². The highest BCUT2D eigenvalue weighted by molar-refractivity contribution is 6.42. The summed E-state index contributed by atoms with van der Waals surface area (Å²) in [5.41, 5.74) is 0.575. The lowest BCUT2D eigenvalue weighted by atomic mass is 10.3. The van der Waals surface area contributed by atoms with E-state index in [0.29, 0.717) is 27.3 Å². The highest BCUT2D eigenvalue weighted by Crippen LogP contribution is 2.26. The zero-order valence-electron chi connectivity index (χ0n) is 13.0. The highest BCUT2D eigenvalue weighted by atomic mass is 35.5. The van der Waals surface area contributed by atoms with Crippen LogP contribution in [0.3, 0.4) is 0 Å². The van der Waals surface area contributed by atoms with Gasteiger partial charge in [-0.2, -0.15) is 5.10 Å². The second-order valence-electron chi connectivity index (χ2n) is 5.05. The van der Waals surface area contributed by atoms with Crippen molar-refractivity contribution in [2.45, 2.75) is 6.42 Å². The molecule has 0 bridgehead atoms. The SMILES string of the molecule is O=C(CCOc1ccc(Cl)c(Cl)c1)Nc1cccnc1-n1cccn1. The maximum absolute atomic E-state index is 12.1. The van der Waals surface area contributed by atoms with Crippen molar-refractivity contribution in [1.29, 1.82) is 0 Å². The number of amides is 1. The number of carbonyl (C=O) groups excluding carboxylic acids is 1. The van der Waals surface area contributed by atoms with Gasteiger partial charge in [0, 0.05) is 24.7 Å². The zero-order chi connectivity index (χ0) is 17.6. The number of hydrogen-bond acceptors (Lipinski definition) is 4. The van der Waals surface area contributed by atoms with Gasteiger partial charge in [-0.15, -0.1) is 0 Å². The summed E-state index contributed by atoms with van der Waals surface area (Å²) in [6.07, 6.45) is 5.21. The molecule has 8 heteroatoms. The molecule has 1 N–H and O–H groups in total. The largest absolute Gasteiger partial charge is 0.493 e. The molecule has 1 aromatic carbocycles. The number of nitrogens with one attached hydrogen (secondary N) is 1. The fourth-order valence-electron chi connectivity index (χ4n) is 2.11. The first-order valence-electron chi connectivity index (χ1n) is 7.46. The third-order valence-electron chi connectivity index (χ3n) is 3.27. The average Bonchev–Trinajstić information content (AvgIpc) is 3.13. The van der Waals surface area contributed by atoms with Crippen LogP contribution in [-0.2, 0) is 4.79 Å². The lowest BCUT2D eigenvalue weighted by Crippen LogP contribution is -2.17. The Morgan fingerprint density at radius 1 is 1.16 bits per heavy atom. The van der Waals surface area contributed by atoms with E-state index in [1.165, 1.54) is 0 Å². The highest BCUT2D eigenvalue weighted by Gasteiger charge is 2.10. The van der Waals surface area contributed by atoms with E-state index < -0.39 is 0 Å². The molecule has 0 aliphatic rings. The van der Waals surface area contributed by atoms with Crippen molar-refractivity contribution >= 4 is 34.8 Å². The van der Waals surface area contributed by atoms with Crippen LogP contribution in [0.15, 0.2) is 55.0 Å². The smallest absolute Gasteiger partial charge is 0.227 e. The number of halogens is 2. The normalized spacial score (nSPS) is 10.5. The van der Waals surface area contributed by atoms with Crippen LogP contribution in [0.2, 0.25) is 10.0 Å². The summed E-state index contributed by atoms with van der Waals surface area (Å²) >= 11 is 11.8. The Bertz CT molecular complexity index is 869. The van der Waals surface area contributed by atoms with Crippen molar-refractivity contribution in [3.63, 3.8) is 0 Å². The van der Waals surface area contributed by atoms with Crippen molar-refractivity contribution < 1.29 is 9.53 Å². The number of carbonyl (C=O) groups is 1. The molecule has 0 aliphatic heterocycles. The van der Waals surface area contributed by atoms with Gasteiger partial charge in [0.25, 0.3) is 0 Å². The second kappa shape index (κ2) is 8.00. The Balaban J connectivity index is 1.57. The van der Waals surface area contributed by atoms with E-state index >= 15 is 0 Å². The molecule has 0 aliphatic carbocycles. The van der Waals surface area contributed by atoms with Crippen LogP contribution < -0.4 is 10.1 Å². The molecule has 0 saturated heterocycles. The molecular formula is C17H14Cl2N4O2. The van der Waals surface area contributed by atoms with Gasteiger partial charge < -0.3 is 10.1 Å². The minimum Gasteiger partial charge on any atom is -0.493 e. The number of aromatic nitrogens is 3. The predicted molar refractivity (Wildman–Crippen MR) is 96.6 cm³/mol. The molecular weight excluding hydrogens is 363 g/mol. The maximum Gasteiger partial charge on any atom is 0.227 e. The summed E-state index contributed by atoms with van der Waals surface area (Å²) in [6.45, 7) is 0.209. The van der Waals surface area contributed by atoms with Crippen LogP contribution in [0.1, 0.15) is 6.42 Å². The molecule has 6 nitrogen and oxygen atoms in total. The van der Waals surface area contributed by atoms with Gasteiger partial charge >= 0.3 is 0 Å². The third-order valence-corrected chi connectivity index (χ3v) is 4.01. The Labute approximate surface area is 154 Å². The first-order valence-corrected chi connectivity index (χ1v) is 8.22. The first-order chi connectivity index (χ1) is 12.1. The van der Waals surface area contributed by atoms with Crippen molar-refractivity contribution in [1.82, 2.24) is 14.8 Å². The summed E-state index contributed by atoms with van der Waals surface area (Å²) < 4.78 is 7.10. The Kier molecular flexibility index (Phi) is 5.53. The van der Waals surface area contributed by atoms with Crippen LogP contribution in [-0.4, -0.2) is 27.3 Å². The monoisotopic (exact) mass is 376 g/mol. The molecule has 0 radical (unpaired) electrons. The second-order valence-corrected chi connectivity index (χ2v) is 5.86. The van der Waals surface area contributed by atoms with Gasteiger partial charge in [-0.25, -0.2) is 9.67 Å². The summed E-state index contributed by atoms with van der Waals surface area (Å²) in [7, 11) is 0. The van der Waals surface area contributed by atoms with E-state index in [4.69, 9.17) is 27.9 Å². The predicted octanol–water partition coefficient (Wildman–Crippen LogP) is 3.98.